The van der Waals surface area contributed by atoms with E-state index in [9.17, 15) is 15.2 Å². The summed E-state index contributed by atoms with van der Waals surface area (Å²) in [5.74, 6) is 0.0369. The van der Waals surface area contributed by atoms with Crippen molar-refractivity contribution in [2.75, 3.05) is 17.2 Å². The van der Waals surface area contributed by atoms with Crippen molar-refractivity contribution in [3.63, 3.8) is 0 Å². The van der Waals surface area contributed by atoms with Crippen molar-refractivity contribution < 1.29 is 14.6 Å². The van der Waals surface area contributed by atoms with E-state index in [4.69, 9.17) is 4.74 Å². The minimum atomic E-state index is -0.856. The molecule has 3 N–H and O–H groups in total. The first kappa shape index (κ1) is 21.4. The quantitative estimate of drug-likeness (QED) is 0.565. The van der Waals surface area contributed by atoms with Crippen LogP contribution in [0.1, 0.15) is 36.5 Å². The zero-order valence-corrected chi connectivity index (χ0v) is 18.0. The molecule has 0 radical (unpaired) electrons. The maximum absolute atomic E-state index is 12.4. The number of para-hydroxylation sites is 2. The first-order valence-electron chi connectivity index (χ1n) is 10.5. The molecule has 0 fully saturated rings. The van der Waals surface area contributed by atoms with Crippen LogP contribution >= 0.6 is 0 Å². The van der Waals surface area contributed by atoms with Crippen LogP contribution in [-0.4, -0.2) is 29.3 Å². The van der Waals surface area contributed by atoms with Crippen LogP contribution in [0.5, 0.6) is 5.75 Å². The summed E-state index contributed by atoms with van der Waals surface area (Å²) >= 11 is 0. The molecule has 32 heavy (non-hydrogen) atoms. The summed E-state index contributed by atoms with van der Waals surface area (Å²) in [4.78, 5) is 12.4. The number of hydrogen-bond acceptors (Lipinski definition) is 5. The lowest BCUT2D eigenvalue weighted by atomic mass is 9.76. The van der Waals surface area contributed by atoms with Crippen LogP contribution in [0.15, 0.2) is 72.8 Å². The second-order valence-electron chi connectivity index (χ2n) is 8.35. The van der Waals surface area contributed by atoms with E-state index in [2.05, 4.69) is 16.7 Å². The van der Waals surface area contributed by atoms with E-state index in [1.165, 1.54) is 0 Å². The van der Waals surface area contributed by atoms with Crippen molar-refractivity contribution in [3.8, 4) is 11.8 Å². The van der Waals surface area contributed by atoms with Gasteiger partial charge in [0, 0.05) is 22.9 Å². The second-order valence-corrected chi connectivity index (χ2v) is 8.35. The van der Waals surface area contributed by atoms with Gasteiger partial charge in [-0.2, -0.15) is 5.26 Å². The molecular weight excluding hydrogens is 402 g/mol. The molecule has 6 nitrogen and oxygen atoms in total. The van der Waals surface area contributed by atoms with Gasteiger partial charge in [-0.1, -0.05) is 36.4 Å². The molecule has 0 aliphatic carbocycles. The Labute approximate surface area is 187 Å². The Morgan fingerprint density at radius 2 is 1.78 bits per heavy atom. The van der Waals surface area contributed by atoms with E-state index in [1.54, 1.807) is 18.2 Å². The lowest BCUT2D eigenvalue weighted by molar-refractivity contribution is -0.114. The molecule has 2 atom stereocenters. The summed E-state index contributed by atoms with van der Waals surface area (Å²) in [5.41, 5.74) is 2.72. The van der Waals surface area contributed by atoms with E-state index in [0.29, 0.717) is 11.3 Å². The molecule has 0 spiro atoms. The first-order valence-corrected chi connectivity index (χ1v) is 10.5. The summed E-state index contributed by atoms with van der Waals surface area (Å²) in [7, 11) is 0. The van der Waals surface area contributed by atoms with Crippen molar-refractivity contribution in [1.29, 1.82) is 5.26 Å². The fraction of sp³-hybridized carbons (Fsp3) is 0.231. The third-order valence-corrected chi connectivity index (χ3v) is 5.67. The van der Waals surface area contributed by atoms with Crippen molar-refractivity contribution in [2.24, 2.45) is 0 Å². The summed E-state index contributed by atoms with van der Waals surface area (Å²) in [6, 6.07) is 24.3. The highest BCUT2D eigenvalue weighted by Gasteiger charge is 2.44. The number of nitrogens with one attached hydrogen (secondary N) is 2. The number of anilines is 2. The fourth-order valence-corrected chi connectivity index (χ4v) is 4.04. The van der Waals surface area contributed by atoms with Gasteiger partial charge in [0.2, 0.25) is 5.91 Å². The number of nitriles is 1. The zero-order chi connectivity index (χ0) is 22.7. The van der Waals surface area contributed by atoms with Gasteiger partial charge in [-0.05, 0) is 55.8 Å². The average Bonchev–Trinajstić information content (AvgIpc) is 2.79. The van der Waals surface area contributed by atoms with Gasteiger partial charge >= 0.3 is 0 Å². The monoisotopic (exact) mass is 427 g/mol. The van der Waals surface area contributed by atoms with Gasteiger partial charge in [0.15, 0.2) is 0 Å². The van der Waals surface area contributed by atoms with Crippen LogP contribution in [-0.2, 0) is 4.79 Å². The minimum absolute atomic E-state index is 0.0692. The number of ether oxygens (including phenoxy) is 1. The lowest BCUT2D eigenvalue weighted by Gasteiger charge is -2.43. The number of carbonyl (C=O) groups excluding carboxylic acids is 1. The highest BCUT2D eigenvalue weighted by Crippen LogP contribution is 2.46. The fourth-order valence-electron chi connectivity index (χ4n) is 4.04. The van der Waals surface area contributed by atoms with Gasteiger partial charge in [-0.15, -0.1) is 0 Å². The molecular formula is C26H25N3O3. The molecule has 3 aromatic rings. The van der Waals surface area contributed by atoms with Crippen LogP contribution in [0.2, 0.25) is 0 Å². The maximum atomic E-state index is 12.4. The molecule has 3 aromatic carbocycles. The summed E-state index contributed by atoms with van der Waals surface area (Å²) in [6.07, 6.45) is -0.856. The average molecular weight is 428 g/mol. The van der Waals surface area contributed by atoms with E-state index in [-0.39, 0.29) is 12.5 Å². The molecule has 2 unspecified atom stereocenters. The van der Waals surface area contributed by atoms with Crippen molar-refractivity contribution in [2.45, 2.75) is 31.5 Å². The molecule has 0 aromatic heterocycles. The largest absolute Gasteiger partial charge is 0.485 e. The van der Waals surface area contributed by atoms with Gasteiger partial charge in [0.1, 0.15) is 17.5 Å². The van der Waals surface area contributed by atoms with Crippen LogP contribution in [0, 0.1) is 11.3 Å². The van der Waals surface area contributed by atoms with Gasteiger partial charge in [-0.3, -0.25) is 4.79 Å². The number of carbonyl (C=O) groups is 1. The normalized spacial score (nSPS) is 18.6. The van der Waals surface area contributed by atoms with E-state index < -0.39 is 17.6 Å². The number of benzene rings is 3. The number of hydrogen-bond donors (Lipinski definition) is 3. The Morgan fingerprint density at radius 1 is 1.06 bits per heavy atom. The molecule has 162 valence electrons. The second kappa shape index (κ2) is 8.74. The molecule has 6 heteroatoms. The molecule has 4 rings (SSSR count). The highest BCUT2D eigenvalue weighted by molar-refractivity contribution is 5.93. The van der Waals surface area contributed by atoms with Crippen molar-refractivity contribution >= 4 is 17.3 Å². The maximum Gasteiger partial charge on any atom is 0.243 e. The Bertz CT molecular complexity index is 1170. The number of rotatable bonds is 5. The third-order valence-electron chi connectivity index (χ3n) is 5.67. The Morgan fingerprint density at radius 3 is 2.53 bits per heavy atom. The number of amides is 1. The van der Waals surface area contributed by atoms with Crippen molar-refractivity contribution in [3.05, 3.63) is 89.5 Å². The predicted molar refractivity (Wildman–Crippen MR) is 124 cm³/mol. The Kier molecular flexibility index (Phi) is 5.85. The van der Waals surface area contributed by atoms with E-state index in [0.717, 1.165) is 22.5 Å². The molecule has 1 amide bonds. The molecule has 1 aliphatic rings. The number of fused-ring (bicyclic) bond motifs is 1. The highest BCUT2D eigenvalue weighted by atomic mass is 16.5. The van der Waals surface area contributed by atoms with Crippen LogP contribution in [0.4, 0.5) is 11.4 Å². The lowest BCUT2D eigenvalue weighted by Crippen LogP contribution is -2.49. The van der Waals surface area contributed by atoms with E-state index >= 15 is 0 Å². The third kappa shape index (κ3) is 4.29. The number of aliphatic hydroxyl groups is 1. The Hall–Kier alpha value is -3.82. The summed E-state index contributed by atoms with van der Waals surface area (Å²) in [5, 5.41) is 26.7. The minimum Gasteiger partial charge on any atom is -0.485 e. The molecule has 0 saturated carbocycles. The zero-order valence-electron chi connectivity index (χ0n) is 18.0. The Balaban J connectivity index is 1.64. The van der Waals surface area contributed by atoms with Gasteiger partial charge in [0.25, 0.3) is 0 Å². The topological polar surface area (TPSA) is 94.4 Å². The number of aliphatic hydroxyl groups excluding tert-OH is 1. The van der Waals surface area contributed by atoms with Gasteiger partial charge in [0.05, 0.1) is 18.2 Å². The van der Waals surface area contributed by atoms with Gasteiger partial charge < -0.3 is 20.5 Å². The molecule has 0 bridgehead atoms. The predicted octanol–water partition coefficient (Wildman–Crippen LogP) is 4.27. The van der Waals surface area contributed by atoms with Crippen LogP contribution in [0.25, 0.3) is 0 Å². The summed E-state index contributed by atoms with van der Waals surface area (Å²) in [6.45, 7) is 3.75. The molecule has 1 heterocycles. The van der Waals surface area contributed by atoms with Crippen LogP contribution in [0.3, 0.4) is 0 Å². The molecule has 1 aliphatic heterocycles. The summed E-state index contributed by atoms with van der Waals surface area (Å²) < 4.78 is 6.04. The SMILES string of the molecule is CC1(C)Oc2ccc(C#N)cc2C(c2ccccc2NCC(=O)Nc2ccccc2)C1O. The number of nitrogens with zero attached hydrogens (tertiary/aromatic N) is 1. The van der Waals surface area contributed by atoms with E-state index in [1.807, 2.05) is 68.4 Å². The standard InChI is InChI=1S/C26H25N3O3/c1-26(2)25(31)24(20-14-17(15-27)12-13-22(20)32-26)19-10-6-7-11-21(19)28-16-23(30)29-18-8-4-3-5-9-18/h3-14,24-25,28,31H,16H2,1-2H3,(H,29,30). The van der Waals surface area contributed by atoms with Crippen molar-refractivity contribution in [1.82, 2.24) is 0 Å². The molecule has 0 saturated heterocycles. The first-order chi connectivity index (χ1) is 15.4. The smallest absolute Gasteiger partial charge is 0.243 e. The van der Waals surface area contributed by atoms with Crippen LogP contribution < -0.4 is 15.4 Å². The van der Waals surface area contributed by atoms with Gasteiger partial charge in [-0.25, -0.2) is 0 Å².